The van der Waals surface area contributed by atoms with Crippen LogP contribution in [-0.2, 0) is 0 Å². The first kappa shape index (κ1) is 17.6. The number of carbonyl (C=O) groups excluding carboxylic acids is 1. The highest BCUT2D eigenvalue weighted by Gasteiger charge is 2.21. The van der Waals surface area contributed by atoms with E-state index in [0.29, 0.717) is 25.1 Å². The molecule has 0 spiro atoms. The zero-order valence-electron chi connectivity index (χ0n) is 15.3. The maximum absolute atomic E-state index is 14.0. The van der Waals surface area contributed by atoms with Crippen molar-refractivity contribution in [3.63, 3.8) is 0 Å². The molecule has 27 heavy (non-hydrogen) atoms. The Labute approximate surface area is 159 Å². The van der Waals surface area contributed by atoms with Gasteiger partial charge in [-0.25, -0.2) is 9.18 Å². The molecule has 2 aromatic rings. The van der Waals surface area contributed by atoms with E-state index in [-0.39, 0.29) is 11.8 Å². The van der Waals surface area contributed by atoms with Gasteiger partial charge in [-0.3, -0.25) is 0 Å². The first-order chi connectivity index (χ1) is 13.2. The quantitative estimate of drug-likeness (QED) is 0.852. The summed E-state index contributed by atoms with van der Waals surface area (Å²) in [7, 11) is 0. The molecule has 1 saturated heterocycles. The summed E-state index contributed by atoms with van der Waals surface area (Å²) in [6.07, 6.45) is 4.99. The Morgan fingerprint density at radius 2 is 1.70 bits per heavy atom. The number of urea groups is 1. The molecule has 140 valence electrons. The highest BCUT2D eigenvalue weighted by Crippen LogP contribution is 2.29. The average molecular weight is 365 g/mol. The second kappa shape index (κ2) is 7.82. The number of halogens is 1. The van der Waals surface area contributed by atoms with E-state index in [2.05, 4.69) is 16.3 Å². The lowest BCUT2D eigenvalue weighted by Crippen LogP contribution is -2.38. The lowest BCUT2D eigenvalue weighted by Gasteiger charge is -2.28. The fourth-order valence-corrected chi connectivity index (χ4v) is 3.83. The second-order valence-electron chi connectivity index (χ2n) is 7.05. The third-order valence-corrected chi connectivity index (χ3v) is 5.31. The van der Waals surface area contributed by atoms with Crippen LogP contribution in [0, 0.1) is 5.82 Å². The molecule has 0 aromatic heterocycles. The maximum Gasteiger partial charge on any atom is 0.322 e. The van der Waals surface area contributed by atoms with E-state index < -0.39 is 0 Å². The zero-order valence-corrected chi connectivity index (χ0v) is 15.3. The summed E-state index contributed by atoms with van der Waals surface area (Å²) in [6, 6.07) is 14.7. The number of hydrogen-bond donors (Lipinski definition) is 1. The first-order valence-electron chi connectivity index (χ1n) is 9.56. The molecule has 1 N–H and O–H groups in total. The monoisotopic (exact) mass is 365 g/mol. The molecule has 2 heterocycles. The van der Waals surface area contributed by atoms with Crippen LogP contribution in [0.4, 0.5) is 20.6 Å². The molecular formula is C22H24FN3O. The molecule has 0 radical (unpaired) electrons. The van der Waals surface area contributed by atoms with Crippen LogP contribution in [0.5, 0.6) is 0 Å². The van der Waals surface area contributed by atoms with Gasteiger partial charge in [-0.05, 0) is 43.0 Å². The van der Waals surface area contributed by atoms with E-state index >= 15 is 0 Å². The van der Waals surface area contributed by atoms with Crippen LogP contribution in [0.15, 0.2) is 54.6 Å². The molecule has 0 bridgehead atoms. The number of rotatable bonds is 3. The Morgan fingerprint density at radius 3 is 2.44 bits per heavy atom. The van der Waals surface area contributed by atoms with Gasteiger partial charge in [0.25, 0.3) is 0 Å². The fraction of sp³-hybridized carbons (Fsp3) is 0.318. The Kier molecular flexibility index (Phi) is 5.10. The predicted octanol–water partition coefficient (Wildman–Crippen LogP) is 4.75. The van der Waals surface area contributed by atoms with E-state index in [1.54, 1.807) is 17.0 Å². The van der Waals surface area contributed by atoms with Crippen LogP contribution in [0.3, 0.4) is 0 Å². The lowest BCUT2D eigenvalue weighted by atomic mass is 9.99. The van der Waals surface area contributed by atoms with Crippen molar-refractivity contribution in [1.82, 2.24) is 4.90 Å². The van der Waals surface area contributed by atoms with E-state index in [1.807, 2.05) is 30.3 Å². The van der Waals surface area contributed by atoms with Crippen LogP contribution in [0.2, 0.25) is 0 Å². The Morgan fingerprint density at radius 1 is 0.963 bits per heavy atom. The van der Waals surface area contributed by atoms with Gasteiger partial charge in [-0.2, -0.15) is 0 Å². The van der Waals surface area contributed by atoms with Crippen molar-refractivity contribution in [3.8, 4) is 0 Å². The van der Waals surface area contributed by atoms with Crippen LogP contribution in [0.25, 0.3) is 5.57 Å². The highest BCUT2D eigenvalue weighted by molar-refractivity contribution is 5.93. The van der Waals surface area contributed by atoms with Gasteiger partial charge in [0.15, 0.2) is 0 Å². The van der Waals surface area contributed by atoms with Gasteiger partial charge in [0, 0.05) is 31.7 Å². The molecule has 5 heteroatoms. The predicted molar refractivity (Wildman–Crippen MR) is 107 cm³/mol. The van der Waals surface area contributed by atoms with Crippen molar-refractivity contribution in [2.45, 2.75) is 19.3 Å². The topological polar surface area (TPSA) is 35.6 Å². The van der Waals surface area contributed by atoms with Crippen molar-refractivity contribution in [2.24, 2.45) is 0 Å². The molecule has 0 unspecified atom stereocenters. The fourth-order valence-electron chi connectivity index (χ4n) is 3.83. The summed E-state index contributed by atoms with van der Waals surface area (Å²) >= 11 is 0. The van der Waals surface area contributed by atoms with Crippen molar-refractivity contribution in [1.29, 1.82) is 0 Å². The van der Waals surface area contributed by atoms with Gasteiger partial charge in [-0.15, -0.1) is 0 Å². The normalized spacial score (nSPS) is 17.0. The molecule has 4 nitrogen and oxygen atoms in total. The number of amides is 2. The maximum atomic E-state index is 14.0. The molecule has 0 aliphatic carbocycles. The summed E-state index contributed by atoms with van der Waals surface area (Å²) in [5.74, 6) is -0.207. The van der Waals surface area contributed by atoms with Crippen molar-refractivity contribution < 1.29 is 9.18 Å². The van der Waals surface area contributed by atoms with Crippen LogP contribution in [0.1, 0.15) is 24.8 Å². The minimum absolute atomic E-state index is 0.106. The molecule has 1 fully saturated rings. The Bertz CT molecular complexity index is 858. The number of carbonyl (C=O) groups is 1. The Balaban J connectivity index is 1.44. The van der Waals surface area contributed by atoms with Gasteiger partial charge >= 0.3 is 6.03 Å². The van der Waals surface area contributed by atoms with Crippen molar-refractivity contribution >= 4 is 23.0 Å². The average Bonchev–Trinajstić information content (AvgIpc) is 3.23. The highest BCUT2D eigenvalue weighted by atomic mass is 19.1. The molecular weight excluding hydrogens is 341 g/mol. The van der Waals surface area contributed by atoms with Crippen LogP contribution in [-0.4, -0.2) is 37.1 Å². The summed E-state index contributed by atoms with van der Waals surface area (Å²) in [5.41, 5.74) is 3.54. The second-order valence-corrected chi connectivity index (χ2v) is 7.05. The number of nitrogens with one attached hydrogen (secondary N) is 1. The van der Waals surface area contributed by atoms with Crippen LogP contribution >= 0.6 is 0 Å². The minimum Gasteiger partial charge on any atom is -0.370 e. The number of hydrogen-bond acceptors (Lipinski definition) is 2. The summed E-state index contributed by atoms with van der Waals surface area (Å²) in [6.45, 7) is 3.13. The number of anilines is 2. The smallest absolute Gasteiger partial charge is 0.322 e. The standard InChI is InChI=1S/C22H24FN3O/c23-19-8-2-1-7-18(19)17-11-15-26(16-12-17)22(27)24-20-9-3-4-10-21(20)25-13-5-6-14-25/h1-4,7-11H,5-6,12-16H2,(H,24,27). The van der Waals surface area contributed by atoms with Gasteiger partial charge in [-0.1, -0.05) is 36.4 Å². The van der Waals surface area contributed by atoms with E-state index in [4.69, 9.17) is 0 Å². The van der Waals surface area contributed by atoms with Crippen molar-refractivity contribution in [3.05, 3.63) is 66.0 Å². The molecule has 0 atom stereocenters. The molecule has 2 aromatic carbocycles. The first-order valence-corrected chi connectivity index (χ1v) is 9.56. The van der Waals surface area contributed by atoms with Gasteiger partial charge in [0.05, 0.1) is 11.4 Å². The molecule has 0 saturated carbocycles. The molecule has 2 amide bonds. The molecule has 2 aliphatic rings. The van der Waals surface area contributed by atoms with Crippen molar-refractivity contribution in [2.75, 3.05) is 36.4 Å². The van der Waals surface area contributed by atoms with Gasteiger partial charge in [0.2, 0.25) is 0 Å². The lowest BCUT2D eigenvalue weighted by molar-refractivity contribution is 0.217. The summed E-state index contributed by atoms with van der Waals surface area (Å²) < 4.78 is 14.0. The summed E-state index contributed by atoms with van der Waals surface area (Å²) in [4.78, 5) is 16.8. The van der Waals surface area contributed by atoms with E-state index in [1.165, 1.54) is 18.9 Å². The van der Waals surface area contributed by atoms with E-state index in [0.717, 1.165) is 30.0 Å². The van der Waals surface area contributed by atoms with E-state index in [9.17, 15) is 9.18 Å². The largest absolute Gasteiger partial charge is 0.370 e. The van der Waals surface area contributed by atoms with Crippen LogP contribution < -0.4 is 10.2 Å². The third-order valence-electron chi connectivity index (χ3n) is 5.31. The molecule has 2 aliphatic heterocycles. The SMILES string of the molecule is O=C(Nc1ccccc1N1CCCC1)N1CC=C(c2ccccc2F)CC1. The minimum atomic E-state index is -0.207. The number of benzene rings is 2. The third kappa shape index (κ3) is 3.82. The molecule has 4 rings (SSSR count). The zero-order chi connectivity index (χ0) is 18.6. The van der Waals surface area contributed by atoms with Gasteiger partial charge < -0.3 is 15.1 Å². The number of para-hydroxylation sites is 2. The Hall–Kier alpha value is -2.82. The van der Waals surface area contributed by atoms with Gasteiger partial charge in [0.1, 0.15) is 5.82 Å². The summed E-state index contributed by atoms with van der Waals surface area (Å²) in [5, 5.41) is 3.07. The number of nitrogens with zero attached hydrogens (tertiary/aromatic N) is 2.